The first-order valence-electron chi connectivity index (χ1n) is 5.63. The average Bonchev–Trinajstić information content (AvgIpc) is 2.31. The van der Waals surface area contributed by atoms with Crippen molar-refractivity contribution in [1.82, 2.24) is 0 Å². The lowest BCUT2D eigenvalue weighted by atomic mass is 10.2. The standard InChI is InChI=1S/C14H12BrClFNO/c1-8-2-12(15)14(6-13(8)16)18-7-9-3-10(17)5-11(19)4-9/h2-6,18-19H,7H2,1H3. The summed E-state index contributed by atoms with van der Waals surface area (Å²) >= 11 is 9.50. The van der Waals surface area contributed by atoms with Crippen molar-refractivity contribution >= 4 is 33.2 Å². The topological polar surface area (TPSA) is 32.3 Å². The molecule has 100 valence electrons. The van der Waals surface area contributed by atoms with Crippen molar-refractivity contribution in [3.05, 3.63) is 56.8 Å². The Morgan fingerprint density at radius 3 is 2.68 bits per heavy atom. The Bertz CT molecular complexity index is 598. The van der Waals surface area contributed by atoms with E-state index in [4.69, 9.17) is 11.6 Å². The SMILES string of the molecule is Cc1cc(Br)c(NCc2cc(O)cc(F)c2)cc1Cl. The second kappa shape index (κ2) is 5.80. The van der Waals surface area contributed by atoms with E-state index in [1.807, 2.05) is 13.0 Å². The van der Waals surface area contributed by atoms with E-state index in [0.29, 0.717) is 17.1 Å². The zero-order valence-corrected chi connectivity index (χ0v) is 12.5. The number of hydrogen-bond acceptors (Lipinski definition) is 2. The highest BCUT2D eigenvalue weighted by Crippen LogP contribution is 2.29. The van der Waals surface area contributed by atoms with Crippen LogP contribution in [0.4, 0.5) is 10.1 Å². The van der Waals surface area contributed by atoms with Gasteiger partial charge >= 0.3 is 0 Å². The number of anilines is 1. The molecule has 2 aromatic rings. The van der Waals surface area contributed by atoms with E-state index in [0.717, 1.165) is 21.8 Å². The van der Waals surface area contributed by atoms with E-state index in [1.54, 1.807) is 6.07 Å². The molecule has 2 aromatic carbocycles. The van der Waals surface area contributed by atoms with Gasteiger partial charge in [-0.25, -0.2) is 4.39 Å². The van der Waals surface area contributed by atoms with Gasteiger partial charge in [0.25, 0.3) is 0 Å². The lowest BCUT2D eigenvalue weighted by Gasteiger charge is -2.11. The van der Waals surface area contributed by atoms with Crippen molar-refractivity contribution < 1.29 is 9.50 Å². The summed E-state index contributed by atoms with van der Waals surface area (Å²) in [6, 6.07) is 7.67. The zero-order chi connectivity index (χ0) is 14.0. The molecule has 0 atom stereocenters. The number of phenols is 1. The number of nitrogens with one attached hydrogen (secondary N) is 1. The molecule has 0 fully saturated rings. The first-order valence-corrected chi connectivity index (χ1v) is 6.81. The van der Waals surface area contributed by atoms with Crippen molar-refractivity contribution in [1.29, 1.82) is 0 Å². The molecule has 0 heterocycles. The highest BCUT2D eigenvalue weighted by molar-refractivity contribution is 9.10. The van der Waals surface area contributed by atoms with E-state index < -0.39 is 5.82 Å². The minimum Gasteiger partial charge on any atom is -0.508 e. The number of rotatable bonds is 3. The predicted octanol–water partition coefficient (Wildman–Crippen LogP) is 4.87. The van der Waals surface area contributed by atoms with Gasteiger partial charge in [-0.05, 0) is 58.2 Å². The molecule has 0 unspecified atom stereocenters. The van der Waals surface area contributed by atoms with Gasteiger partial charge in [-0.3, -0.25) is 0 Å². The summed E-state index contributed by atoms with van der Waals surface area (Å²) in [7, 11) is 0. The Balaban J connectivity index is 2.16. The molecular formula is C14H12BrClFNO. The quantitative estimate of drug-likeness (QED) is 0.833. The van der Waals surface area contributed by atoms with Crippen LogP contribution in [0.2, 0.25) is 5.02 Å². The number of benzene rings is 2. The van der Waals surface area contributed by atoms with E-state index >= 15 is 0 Å². The summed E-state index contributed by atoms with van der Waals surface area (Å²) < 4.78 is 14.0. The van der Waals surface area contributed by atoms with Crippen molar-refractivity contribution in [2.75, 3.05) is 5.32 Å². The van der Waals surface area contributed by atoms with Gasteiger partial charge in [-0.15, -0.1) is 0 Å². The molecule has 5 heteroatoms. The molecule has 0 aliphatic carbocycles. The van der Waals surface area contributed by atoms with Crippen molar-refractivity contribution in [3.8, 4) is 5.75 Å². The molecule has 2 rings (SSSR count). The van der Waals surface area contributed by atoms with E-state index in [2.05, 4.69) is 21.2 Å². The molecular weight excluding hydrogens is 333 g/mol. The summed E-state index contributed by atoms with van der Waals surface area (Å²) in [5.41, 5.74) is 2.45. The highest BCUT2D eigenvalue weighted by atomic mass is 79.9. The molecule has 0 aliphatic heterocycles. The summed E-state index contributed by atoms with van der Waals surface area (Å²) in [6.07, 6.45) is 0. The number of halogens is 3. The number of aromatic hydroxyl groups is 1. The third-order valence-electron chi connectivity index (χ3n) is 2.67. The van der Waals surface area contributed by atoms with Gasteiger partial charge in [0.15, 0.2) is 0 Å². The Morgan fingerprint density at radius 1 is 1.26 bits per heavy atom. The fourth-order valence-corrected chi connectivity index (χ4v) is 2.48. The molecule has 0 bridgehead atoms. The van der Waals surface area contributed by atoms with E-state index in [1.165, 1.54) is 12.1 Å². The third kappa shape index (κ3) is 3.61. The van der Waals surface area contributed by atoms with Crippen LogP contribution in [-0.4, -0.2) is 5.11 Å². The van der Waals surface area contributed by atoms with Gasteiger partial charge < -0.3 is 10.4 Å². The fraction of sp³-hybridized carbons (Fsp3) is 0.143. The maximum Gasteiger partial charge on any atom is 0.127 e. The Morgan fingerprint density at radius 2 is 2.00 bits per heavy atom. The highest BCUT2D eigenvalue weighted by Gasteiger charge is 2.05. The molecule has 0 aromatic heterocycles. The smallest absolute Gasteiger partial charge is 0.127 e. The van der Waals surface area contributed by atoms with Crippen LogP contribution >= 0.6 is 27.5 Å². The van der Waals surface area contributed by atoms with Gasteiger partial charge in [-0.1, -0.05) is 11.6 Å². The van der Waals surface area contributed by atoms with Crippen LogP contribution < -0.4 is 5.32 Å². The first-order chi connectivity index (χ1) is 8.95. The molecule has 0 saturated carbocycles. The first kappa shape index (κ1) is 14.2. The molecule has 2 nitrogen and oxygen atoms in total. The maximum absolute atomic E-state index is 13.1. The zero-order valence-electron chi connectivity index (χ0n) is 10.2. The van der Waals surface area contributed by atoms with Crippen molar-refractivity contribution in [2.24, 2.45) is 0 Å². The van der Waals surface area contributed by atoms with Crippen LogP contribution in [0.3, 0.4) is 0 Å². The summed E-state index contributed by atoms with van der Waals surface area (Å²) in [5, 5.41) is 13.1. The molecule has 19 heavy (non-hydrogen) atoms. The minimum absolute atomic E-state index is 0.0854. The van der Waals surface area contributed by atoms with Crippen molar-refractivity contribution in [3.63, 3.8) is 0 Å². The Kier molecular flexibility index (Phi) is 4.32. The molecule has 0 aliphatic rings. The molecule has 0 amide bonds. The van der Waals surface area contributed by atoms with Crippen LogP contribution in [0.5, 0.6) is 5.75 Å². The van der Waals surface area contributed by atoms with Gasteiger partial charge in [0.05, 0.1) is 5.69 Å². The average molecular weight is 345 g/mol. The second-order valence-electron chi connectivity index (χ2n) is 4.25. The Hall–Kier alpha value is -1.26. The van der Waals surface area contributed by atoms with Gasteiger partial charge in [0.2, 0.25) is 0 Å². The molecule has 2 N–H and O–H groups in total. The minimum atomic E-state index is -0.460. The van der Waals surface area contributed by atoms with Crippen LogP contribution in [-0.2, 0) is 6.54 Å². The number of phenolic OH excluding ortho intramolecular Hbond substituents is 1. The largest absolute Gasteiger partial charge is 0.508 e. The van der Waals surface area contributed by atoms with Gasteiger partial charge in [0.1, 0.15) is 11.6 Å². The van der Waals surface area contributed by atoms with E-state index in [-0.39, 0.29) is 5.75 Å². The van der Waals surface area contributed by atoms with Gasteiger partial charge in [-0.2, -0.15) is 0 Å². The third-order valence-corrected chi connectivity index (χ3v) is 3.74. The summed E-state index contributed by atoms with van der Waals surface area (Å²) in [5.74, 6) is -0.546. The maximum atomic E-state index is 13.1. The second-order valence-corrected chi connectivity index (χ2v) is 5.51. The molecule has 0 saturated heterocycles. The number of aryl methyl sites for hydroxylation is 1. The molecule has 0 spiro atoms. The monoisotopic (exact) mass is 343 g/mol. The van der Waals surface area contributed by atoms with Gasteiger partial charge in [0, 0.05) is 22.1 Å². The molecule has 0 radical (unpaired) electrons. The normalized spacial score (nSPS) is 10.5. The number of hydrogen-bond donors (Lipinski definition) is 2. The summed E-state index contributed by atoms with van der Waals surface area (Å²) in [6.45, 7) is 2.31. The van der Waals surface area contributed by atoms with E-state index in [9.17, 15) is 9.50 Å². The fourth-order valence-electron chi connectivity index (χ4n) is 1.71. The van der Waals surface area contributed by atoms with Crippen LogP contribution in [0.25, 0.3) is 0 Å². The van der Waals surface area contributed by atoms with Crippen LogP contribution in [0, 0.1) is 12.7 Å². The van der Waals surface area contributed by atoms with Crippen LogP contribution in [0.1, 0.15) is 11.1 Å². The predicted molar refractivity (Wildman–Crippen MR) is 79.3 cm³/mol. The Labute approximate surface area is 124 Å². The van der Waals surface area contributed by atoms with Crippen LogP contribution in [0.15, 0.2) is 34.8 Å². The van der Waals surface area contributed by atoms with Crippen molar-refractivity contribution in [2.45, 2.75) is 13.5 Å². The lowest BCUT2D eigenvalue weighted by molar-refractivity contribution is 0.468. The lowest BCUT2D eigenvalue weighted by Crippen LogP contribution is -2.01. The summed E-state index contributed by atoms with van der Waals surface area (Å²) in [4.78, 5) is 0.